The summed E-state index contributed by atoms with van der Waals surface area (Å²) in [4.78, 5) is 2.27. The summed E-state index contributed by atoms with van der Waals surface area (Å²) in [5.74, 6) is 0.959. The number of likely N-dealkylation sites (N-methyl/N-ethyl adjacent to an activating group) is 1. The van der Waals surface area contributed by atoms with E-state index in [1.807, 2.05) is 0 Å². The smallest absolute Gasteiger partial charge is 0.211 e. The first-order valence-corrected chi connectivity index (χ1v) is 7.78. The maximum absolute atomic E-state index is 6.58. The zero-order chi connectivity index (χ0) is 15.5. The molecule has 22 heavy (non-hydrogen) atoms. The Morgan fingerprint density at radius 3 is 2.59 bits per heavy atom. The second kappa shape index (κ2) is 4.16. The molecule has 2 nitrogen and oxygen atoms in total. The van der Waals surface area contributed by atoms with Gasteiger partial charge >= 0.3 is 0 Å². The van der Waals surface area contributed by atoms with Gasteiger partial charge in [-0.05, 0) is 56.7 Å². The minimum atomic E-state index is -0.473. The van der Waals surface area contributed by atoms with Crippen molar-refractivity contribution in [3.05, 3.63) is 65.2 Å². The van der Waals surface area contributed by atoms with Crippen molar-refractivity contribution < 1.29 is 4.74 Å². The third kappa shape index (κ3) is 1.50. The van der Waals surface area contributed by atoms with E-state index in [4.69, 9.17) is 4.74 Å². The Bertz CT molecular complexity index is 790. The SMILES string of the molecule is Cc1ccc2c(c1)C=C[C@@]1(O2)N(C)c2ccccc2C1(C)C. The molecule has 112 valence electrons. The summed E-state index contributed by atoms with van der Waals surface area (Å²) in [7, 11) is 2.12. The minimum absolute atomic E-state index is 0.128. The second-order valence-electron chi connectivity index (χ2n) is 6.87. The lowest BCUT2D eigenvalue weighted by Gasteiger charge is -2.45. The first-order chi connectivity index (χ1) is 10.5. The van der Waals surface area contributed by atoms with Crippen LogP contribution in [0.1, 0.15) is 30.5 Å². The fourth-order valence-corrected chi connectivity index (χ4v) is 3.90. The summed E-state index contributed by atoms with van der Waals surface area (Å²) in [6.07, 6.45) is 4.42. The molecule has 2 heteroatoms. The lowest BCUT2D eigenvalue weighted by molar-refractivity contribution is 0.0581. The molecule has 2 aromatic rings. The van der Waals surface area contributed by atoms with Gasteiger partial charge in [-0.15, -0.1) is 0 Å². The molecule has 0 unspecified atom stereocenters. The molecule has 0 saturated heterocycles. The van der Waals surface area contributed by atoms with Crippen LogP contribution in [0.3, 0.4) is 0 Å². The molecule has 2 heterocycles. The fourth-order valence-electron chi connectivity index (χ4n) is 3.90. The van der Waals surface area contributed by atoms with Gasteiger partial charge in [0.25, 0.3) is 0 Å². The first-order valence-electron chi connectivity index (χ1n) is 7.78. The number of benzene rings is 2. The molecular formula is C20H21NO. The minimum Gasteiger partial charge on any atom is -0.463 e. The number of fused-ring (bicyclic) bond motifs is 2. The Morgan fingerprint density at radius 1 is 1.05 bits per heavy atom. The number of para-hydroxylation sites is 1. The van der Waals surface area contributed by atoms with Crippen molar-refractivity contribution in [2.24, 2.45) is 0 Å². The van der Waals surface area contributed by atoms with Gasteiger partial charge in [0.05, 0.1) is 5.41 Å². The van der Waals surface area contributed by atoms with E-state index in [0.717, 1.165) is 11.3 Å². The lowest BCUT2D eigenvalue weighted by Crippen LogP contribution is -2.58. The van der Waals surface area contributed by atoms with E-state index in [1.54, 1.807) is 0 Å². The van der Waals surface area contributed by atoms with Crippen molar-refractivity contribution >= 4 is 11.8 Å². The number of aryl methyl sites for hydroxylation is 1. The fraction of sp³-hybridized carbons (Fsp3) is 0.300. The number of hydrogen-bond acceptors (Lipinski definition) is 2. The highest BCUT2D eigenvalue weighted by Gasteiger charge is 2.57. The Morgan fingerprint density at radius 2 is 1.82 bits per heavy atom. The summed E-state index contributed by atoms with van der Waals surface area (Å²) in [5.41, 5.74) is 4.39. The van der Waals surface area contributed by atoms with Crippen LogP contribution < -0.4 is 9.64 Å². The van der Waals surface area contributed by atoms with Gasteiger partial charge in [-0.2, -0.15) is 0 Å². The van der Waals surface area contributed by atoms with E-state index in [0.29, 0.717) is 0 Å². The highest BCUT2D eigenvalue weighted by atomic mass is 16.5. The third-order valence-corrected chi connectivity index (χ3v) is 5.25. The molecule has 0 fully saturated rings. The quantitative estimate of drug-likeness (QED) is 0.707. The molecule has 2 aliphatic rings. The topological polar surface area (TPSA) is 12.5 Å². The predicted molar refractivity (Wildman–Crippen MR) is 91.4 cm³/mol. The maximum atomic E-state index is 6.58. The molecule has 0 aliphatic carbocycles. The van der Waals surface area contributed by atoms with Gasteiger partial charge in [-0.1, -0.05) is 29.8 Å². The largest absolute Gasteiger partial charge is 0.463 e. The van der Waals surface area contributed by atoms with Crippen molar-refractivity contribution in [2.45, 2.75) is 31.9 Å². The standard InChI is InChI=1S/C20H21NO/c1-14-9-10-18-15(13-14)11-12-20(22-18)19(2,3)16-7-5-6-8-17(16)21(20)4/h5-13H,1-4H3/t20-/m0/s1. The van der Waals surface area contributed by atoms with E-state index < -0.39 is 5.72 Å². The van der Waals surface area contributed by atoms with Gasteiger partial charge in [0.2, 0.25) is 5.72 Å². The molecule has 2 aliphatic heterocycles. The van der Waals surface area contributed by atoms with Gasteiger partial charge in [-0.25, -0.2) is 0 Å². The third-order valence-electron chi connectivity index (χ3n) is 5.25. The summed E-state index contributed by atoms with van der Waals surface area (Å²) in [6.45, 7) is 6.64. The van der Waals surface area contributed by atoms with E-state index in [-0.39, 0.29) is 5.41 Å². The van der Waals surface area contributed by atoms with Gasteiger partial charge in [0, 0.05) is 18.3 Å². The van der Waals surface area contributed by atoms with Crippen molar-refractivity contribution in [3.63, 3.8) is 0 Å². The molecule has 1 atom stereocenters. The normalized spacial score (nSPS) is 24.1. The van der Waals surface area contributed by atoms with Crippen LogP contribution >= 0.6 is 0 Å². The van der Waals surface area contributed by atoms with Gasteiger partial charge in [0.1, 0.15) is 5.75 Å². The molecule has 0 N–H and O–H groups in total. The monoisotopic (exact) mass is 291 g/mol. The van der Waals surface area contributed by atoms with E-state index >= 15 is 0 Å². The Labute approximate surface area is 132 Å². The summed E-state index contributed by atoms with van der Waals surface area (Å²) in [5, 5.41) is 0. The molecule has 1 spiro atoms. The highest BCUT2D eigenvalue weighted by Crippen LogP contribution is 2.54. The molecule has 0 amide bonds. The number of ether oxygens (including phenoxy) is 1. The zero-order valence-electron chi connectivity index (χ0n) is 13.6. The van der Waals surface area contributed by atoms with Gasteiger partial charge in [-0.3, -0.25) is 0 Å². The van der Waals surface area contributed by atoms with Gasteiger partial charge in [0.15, 0.2) is 0 Å². The Hall–Kier alpha value is -2.22. The van der Waals surface area contributed by atoms with Crippen LogP contribution in [0.5, 0.6) is 5.75 Å². The molecule has 0 aromatic heterocycles. The van der Waals surface area contributed by atoms with E-state index in [9.17, 15) is 0 Å². The summed E-state index contributed by atoms with van der Waals surface area (Å²) >= 11 is 0. The number of hydrogen-bond donors (Lipinski definition) is 0. The zero-order valence-corrected chi connectivity index (χ0v) is 13.6. The number of rotatable bonds is 0. The van der Waals surface area contributed by atoms with Crippen LogP contribution in [0.15, 0.2) is 48.5 Å². The molecule has 0 radical (unpaired) electrons. The van der Waals surface area contributed by atoms with Crippen LogP contribution in [0.25, 0.3) is 6.08 Å². The average molecular weight is 291 g/mol. The second-order valence-corrected chi connectivity index (χ2v) is 6.87. The highest BCUT2D eigenvalue weighted by molar-refractivity contribution is 5.72. The van der Waals surface area contributed by atoms with E-state index in [2.05, 4.69) is 87.3 Å². The van der Waals surface area contributed by atoms with Crippen molar-refractivity contribution in [3.8, 4) is 5.75 Å². The molecule has 0 bridgehead atoms. The maximum Gasteiger partial charge on any atom is 0.211 e. The van der Waals surface area contributed by atoms with Crippen LogP contribution in [-0.2, 0) is 5.41 Å². The Kier molecular flexibility index (Phi) is 2.54. The number of anilines is 1. The molecular weight excluding hydrogens is 270 g/mol. The van der Waals surface area contributed by atoms with Crippen LogP contribution in [-0.4, -0.2) is 12.8 Å². The predicted octanol–water partition coefficient (Wildman–Crippen LogP) is 4.52. The summed E-state index contributed by atoms with van der Waals surface area (Å²) < 4.78 is 6.58. The summed E-state index contributed by atoms with van der Waals surface area (Å²) in [6, 6.07) is 15.0. The van der Waals surface area contributed by atoms with Crippen molar-refractivity contribution in [2.75, 3.05) is 11.9 Å². The van der Waals surface area contributed by atoms with Crippen molar-refractivity contribution in [1.29, 1.82) is 0 Å². The molecule has 0 saturated carbocycles. The van der Waals surface area contributed by atoms with E-state index in [1.165, 1.54) is 16.8 Å². The van der Waals surface area contributed by atoms with Crippen LogP contribution in [0.2, 0.25) is 0 Å². The molecule has 2 aromatic carbocycles. The molecule has 4 rings (SSSR count). The van der Waals surface area contributed by atoms with Crippen LogP contribution in [0, 0.1) is 6.92 Å². The average Bonchev–Trinajstić information content (AvgIpc) is 2.67. The van der Waals surface area contributed by atoms with Crippen LogP contribution in [0.4, 0.5) is 5.69 Å². The number of nitrogens with zero attached hydrogens (tertiary/aromatic N) is 1. The Balaban J connectivity index is 1.89. The van der Waals surface area contributed by atoms with Crippen molar-refractivity contribution in [1.82, 2.24) is 0 Å². The van der Waals surface area contributed by atoms with Gasteiger partial charge < -0.3 is 9.64 Å². The first kappa shape index (κ1) is 13.4. The lowest BCUT2D eigenvalue weighted by atomic mass is 9.76.